The minimum atomic E-state index is -0.257. The largest absolute Gasteiger partial charge is 0.378 e. The maximum atomic E-state index is 12.4. The van der Waals surface area contributed by atoms with E-state index in [9.17, 15) is 4.79 Å². The van der Waals surface area contributed by atoms with E-state index < -0.39 is 0 Å². The second-order valence-electron chi connectivity index (χ2n) is 5.84. The van der Waals surface area contributed by atoms with Crippen LogP contribution in [0, 0.1) is 0 Å². The molecule has 0 bridgehead atoms. The van der Waals surface area contributed by atoms with E-state index in [0.29, 0.717) is 16.8 Å². The van der Waals surface area contributed by atoms with Crippen LogP contribution in [-0.2, 0) is 4.74 Å². The first-order valence-electron chi connectivity index (χ1n) is 8.51. The summed E-state index contributed by atoms with van der Waals surface area (Å²) in [6.45, 7) is 3.25. The van der Waals surface area contributed by atoms with Crippen molar-refractivity contribution in [1.82, 2.24) is 15.0 Å². The molecule has 0 atom stereocenters. The van der Waals surface area contributed by atoms with Gasteiger partial charge in [-0.25, -0.2) is 15.0 Å². The van der Waals surface area contributed by atoms with E-state index in [2.05, 4.69) is 30.5 Å². The number of ether oxygens (including phenoxy) is 1. The van der Waals surface area contributed by atoms with E-state index in [1.165, 1.54) is 11.3 Å². The van der Waals surface area contributed by atoms with Crippen LogP contribution in [0.4, 0.5) is 22.5 Å². The molecule has 8 nitrogen and oxygen atoms in total. The van der Waals surface area contributed by atoms with Gasteiger partial charge in [0.15, 0.2) is 5.13 Å². The summed E-state index contributed by atoms with van der Waals surface area (Å²) in [5, 5.41) is 8.11. The lowest BCUT2D eigenvalue weighted by Gasteiger charge is -2.28. The number of nitrogens with one attached hydrogen (secondary N) is 2. The number of carbonyl (C=O) groups excluding carboxylic acids is 1. The number of carbonyl (C=O) groups is 1. The molecule has 1 amide bonds. The molecule has 0 saturated carbocycles. The molecular formula is C18H18N6O2S. The highest BCUT2D eigenvalue weighted by Gasteiger charge is 2.13. The highest BCUT2D eigenvalue weighted by molar-refractivity contribution is 7.14. The predicted octanol–water partition coefficient (Wildman–Crippen LogP) is 2.77. The van der Waals surface area contributed by atoms with Gasteiger partial charge >= 0.3 is 0 Å². The topological polar surface area (TPSA) is 92.3 Å². The molecule has 9 heteroatoms. The Bertz CT molecular complexity index is 894. The molecule has 2 aromatic heterocycles. The third-order valence-corrected chi connectivity index (χ3v) is 4.78. The van der Waals surface area contributed by atoms with Crippen molar-refractivity contribution in [1.29, 1.82) is 0 Å². The molecular weight excluding hydrogens is 364 g/mol. The maximum absolute atomic E-state index is 12.4. The molecule has 0 aliphatic carbocycles. The molecule has 1 aliphatic rings. The van der Waals surface area contributed by atoms with E-state index in [4.69, 9.17) is 4.74 Å². The van der Waals surface area contributed by atoms with Gasteiger partial charge in [0.2, 0.25) is 5.95 Å². The van der Waals surface area contributed by atoms with Gasteiger partial charge in [0, 0.05) is 42.2 Å². The number of aromatic nitrogens is 3. The van der Waals surface area contributed by atoms with Gasteiger partial charge in [-0.05, 0) is 30.3 Å². The molecule has 1 fully saturated rings. The average molecular weight is 382 g/mol. The molecule has 1 aliphatic heterocycles. The first-order chi connectivity index (χ1) is 13.3. The molecule has 0 unspecified atom stereocenters. The Morgan fingerprint density at radius 1 is 1.11 bits per heavy atom. The first-order valence-corrected chi connectivity index (χ1v) is 9.39. The molecule has 138 valence electrons. The van der Waals surface area contributed by atoms with Crippen LogP contribution < -0.4 is 15.5 Å². The highest BCUT2D eigenvalue weighted by Crippen LogP contribution is 2.21. The summed E-state index contributed by atoms with van der Waals surface area (Å²) < 4.78 is 5.37. The summed E-state index contributed by atoms with van der Waals surface area (Å²) in [6, 6.07) is 9.53. The van der Waals surface area contributed by atoms with Gasteiger partial charge in [-0.15, -0.1) is 11.3 Å². The van der Waals surface area contributed by atoms with Gasteiger partial charge in [-0.3, -0.25) is 4.79 Å². The zero-order chi connectivity index (χ0) is 18.5. The molecule has 2 N–H and O–H groups in total. The van der Waals surface area contributed by atoms with Crippen molar-refractivity contribution >= 4 is 39.7 Å². The van der Waals surface area contributed by atoms with E-state index in [1.54, 1.807) is 23.8 Å². The Hall–Kier alpha value is -3.04. The number of thiazole rings is 1. The van der Waals surface area contributed by atoms with Crippen molar-refractivity contribution in [3.63, 3.8) is 0 Å². The Kier molecular flexibility index (Phi) is 5.22. The second kappa shape index (κ2) is 8.11. The molecule has 27 heavy (non-hydrogen) atoms. The van der Waals surface area contributed by atoms with Crippen molar-refractivity contribution in [2.75, 3.05) is 41.8 Å². The van der Waals surface area contributed by atoms with Gasteiger partial charge in [0.25, 0.3) is 5.91 Å². The normalized spacial score (nSPS) is 14.0. The first kappa shape index (κ1) is 17.4. The second-order valence-corrected chi connectivity index (χ2v) is 6.69. The van der Waals surface area contributed by atoms with Crippen molar-refractivity contribution in [3.8, 4) is 0 Å². The van der Waals surface area contributed by atoms with Crippen molar-refractivity contribution in [2.45, 2.75) is 0 Å². The zero-order valence-corrected chi connectivity index (χ0v) is 15.3. The van der Waals surface area contributed by atoms with Gasteiger partial charge in [0.1, 0.15) is 5.69 Å². The van der Waals surface area contributed by atoms with Crippen molar-refractivity contribution in [3.05, 3.63) is 53.8 Å². The van der Waals surface area contributed by atoms with Gasteiger partial charge < -0.3 is 20.3 Å². The van der Waals surface area contributed by atoms with Crippen LogP contribution in [-0.4, -0.2) is 47.2 Å². The third-order valence-electron chi connectivity index (χ3n) is 4.02. The van der Waals surface area contributed by atoms with Gasteiger partial charge in [-0.1, -0.05) is 0 Å². The highest BCUT2D eigenvalue weighted by atomic mass is 32.1. The van der Waals surface area contributed by atoms with E-state index in [1.807, 2.05) is 24.3 Å². The van der Waals surface area contributed by atoms with Gasteiger partial charge in [-0.2, -0.15) is 0 Å². The van der Waals surface area contributed by atoms with E-state index in [0.717, 1.165) is 37.7 Å². The predicted molar refractivity (Wildman–Crippen MR) is 105 cm³/mol. The van der Waals surface area contributed by atoms with E-state index in [-0.39, 0.29) is 5.91 Å². The monoisotopic (exact) mass is 382 g/mol. The number of benzene rings is 1. The third kappa shape index (κ3) is 4.39. The lowest BCUT2D eigenvalue weighted by atomic mass is 10.2. The summed E-state index contributed by atoms with van der Waals surface area (Å²) in [6.07, 6.45) is 3.27. The molecule has 1 aromatic carbocycles. The molecule has 3 heterocycles. The molecule has 1 saturated heterocycles. The summed E-state index contributed by atoms with van der Waals surface area (Å²) >= 11 is 1.32. The van der Waals surface area contributed by atoms with Crippen LogP contribution >= 0.6 is 11.3 Å². The zero-order valence-electron chi connectivity index (χ0n) is 14.5. The number of morpholine rings is 1. The summed E-state index contributed by atoms with van der Waals surface area (Å²) in [4.78, 5) is 27.1. The Morgan fingerprint density at radius 3 is 2.59 bits per heavy atom. The van der Waals surface area contributed by atoms with E-state index >= 15 is 0 Å². The molecule has 4 rings (SSSR count). The number of anilines is 4. The van der Waals surface area contributed by atoms with Crippen LogP contribution in [0.1, 0.15) is 10.5 Å². The standard InChI is InChI=1S/C18H18N6O2S/c25-16(15-12-27-18(22-15)23-17-19-6-1-7-20-17)21-13-2-4-14(5-3-13)24-8-10-26-11-9-24/h1-7,12H,8-11H2,(H,21,25)(H,19,20,22,23). The minimum Gasteiger partial charge on any atom is -0.378 e. The van der Waals surface area contributed by atoms with Crippen LogP contribution in [0.3, 0.4) is 0 Å². The molecule has 0 radical (unpaired) electrons. The Morgan fingerprint density at radius 2 is 1.85 bits per heavy atom. The minimum absolute atomic E-state index is 0.257. The lowest BCUT2D eigenvalue weighted by Crippen LogP contribution is -2.36. The van der Waals surface area contributed by atoms with Crippen LogP contribution in [0.2, 0.25) is 0 Å². The fraction of sp³-hybridized carbons (Fsp3) is 0.222. The van der Waals surface area contributed by atoms with Crippen LogP contribution in [0.15, 0.2) is 48.1 Å². The Labute approximate surface area is 160 Å². The number of hydrogen-bond acceptors (Lipinski definition) is 8. The number of nitrogens with zero attached hydrogens (tertiary/aromatic N) is 4. The van der Waals surface area contributed by atoms with Crippen LogP contribution in [0.25, 0.3) is 0 Å². The molecule has 0 spiro atoms. The van der Waals surface area contributed by atoms with Crippen molar-refractivity contribution < 1.29 is 9.53 Å². The number of hydrogen-bond donors (Lipinski definition) is 2. The summed E-state index contributed by atoms with van der Waals surface area (Å²) in [5.41, 5.74) is 2.20. The maximum Gasteiger partial charge on any atom is 0.275 e. The van der Waals surface area contributed by atoms with Gasteiger partial charge in [0.05, 0.1) is 13.2 Å². The van der Waals surface area contributed by atoms with Crippen LogP contribution in [0.5, 0.6) is 0 Å². The summed E-state index contributed by atoms with van der Waals surface area (Å²) in [7, 11) is 0. The quantitative estimate of drug-likeness (QED) is 0.701. The Balaban J connectivity index is 1.37. The molecule has 3 aromatic rings. The average Bonchev–Trinajstić information content (AvgIpc) is 3.19. The fourth-order valence-electron chi connectivity index (χ4n) is 2.67. The lowest BCUT2D eigenvalue weighted by molar-refractivity contribution is 0.102. The number of rotatable bonds is 5. The van der Waals surface area contributed by atoms with Crippen molar-refractivity contribution in [2.24, 2.45) is 0 Å². The number of amides is 1. The summed E-state index contributed by atoms with van der Waals surface area (Å²) in [5.74, 6) is 0.185. The fourth-order valence-corrected chi connectivity index (χ4v) is 3.35. The SMILES string of the molecule is O=C(Nc1ccc(N2CCOCC2)cc1)c1csc(Nc2ncccn2)n1. The smallest absolute Gasteiger partial charge is 0.275 e.